The molecule has 1 aromatic rings. The van der Waals surface area contributed by atoms with Crippen LogP contribution in [0.15, 0.2) is 10.5 Å². The van der Waals surface area contributed by atoms with E-state index in [2.05, 4.69) is 15.9 Å². The Morgan fingerprint density at radius 2 is 2.20 bits per heavy atom. The molecule has 0 fully saturated rings. The van der Waals surface area contributed by atoms with Crippen LogP contribution in [0.4, 0.5) is 0 Å². The zero-order valence-electron chi connectivity index (χ0n) is 11.3. The molecule has 1 unspecified atom stereocenters. The van der Waals surface area contributed by atoms with Gasteiger partial charge in [-0.1, -0.05) is 22.9 Å². The van der Waals surface area contributed by atoms with Gasteiger partial charge >= 0.3 is 5.97 Å². The first-order chi connectivity index (χ1) is 9.54. The SMILES string of the molecule is CCc1c2c(cc(Br)c1C(N)CC(=O)O)OCCCO2. The van der Waals surface area contributed by atoms with Crippen LogP contribution < -0.4 is 15.2 Å². The van der Waals surface area contributed by atoms with Gasteiger partial charge in [0.05, 0.1) is 19.6 Å². The maximum absolute atomic E-state index is 10.9. The summed E-state index contributed by atoms with van der Waals surface area (Å²) in [5.74, 6) is 0.472. The Bertz CT molecular complexity index is 518. The fourth-order valence-corrected chi connectivity index (χ4v) is 3.14. The molecule has 5 nitrogen and oxygen atoms in total. The molecule has 0 aliphatic carbocycles. The van der Waals surface area contributed by atoms with Crippen LogP contribution in [0.3, 0.4) is 0 Å². The molecule has 3 N–H and O–H groups in total. The molecule has 110 valence electrons. The Balaban J connectivity index is 2.50. The Morgan fingerprint density at radius 3 is 2.85 bits per heavy atom. The molecule has 2 rings (SSSR count). The number of aliphatic carboxylic acids is 1. The van der Waals surface area contributed by atoms with Gasteiger partial charge in [-0.3, -0.25) is 4.79 Å². The molecular weight excluding hydrogens is 326 g/mol. The minimum atomic E-state index is -0.918. The van der Waals surface area contributed by atoms with E-state index in [-0.39, 0.29) is 6.42 Å². The van der Waals surface area contributed by atoms with Crippen LogP contribution in [0.25, 0.3) is 0 Å². The summed E-state index contributed by atoms with van der Waals surface area (Å²) >= 11 is 3.47. The molecule has 1 atom stereocenters. The van der Waals surface area contributed by atoms with Gasteiger partial charge < -0.3 is 20.3 Å². The van der Waals surface area contributed by atoms with Crippen molar-refractivity contribution in [2.24, 2.45) is 5.73 Å². The number of rotatable bonds is 4. The quantitative estimate of drug-likeness (QED) is 0.878. The highest BCUT2D eigenvalue weighted by Crippen LogP contribution is 2.42. The number of carboxylic acid groups (broad SMARTS) is 1. The standard InChI is InChI=1S/C14H18BrNO4/c1-2-8-13(10(16)7-12(17)18)9(15)6-11-14(8)20-5-3-4-19-11/h6,10H,2-5,7,16H2,1H3,(H,17,18). The van der Waals surface area contributed by atoms with Crippen molar-refractivity contribution < 1.29 is 19.4 Å². The summed E-state index contributed by atoms with van der Waals surface area (Å²) in [6.07, 6.45) is 1.41. The van der Waals surface area contributed by atoms with Crippen molar-refractivity contribution in [2.75, 3.05) is 13.2 Å². The lowest BCUT2D eigenvalue weighted by Crippen LogP contribution is -2.18. The predicted octanol–water partition coefficient (Wildman–Crippen LogP) is 2.65. The van der Waals surface area contributed by atoms with Crippen LogP contribution >= 0.6 is 15.9 Å². The van der Waals surface area contributed by atoms with Crippen molar-refractivity contribution in [1.82, 2.24) is 0 Å². The number of hydrogen-bond donors (Lipinski definition) is 2. The third kappa shape index (κ3) is 3.07. The Hall–Kier alpha value is -1.27. The van der Waals surface area contributed by atoms with Crippen molar-refractivity contribution in [1.29, 1.82) is 0 Å². The van der Waals surface area contributed by atoms with Crippen molar-refractivity contribution in [3.63, 3.8) is 0 Å². The molecule has 0 spiro atoms. The molecule has 0 aromatic heterocycles. The molecule has 1 aliphatic rings. The fraction of sp³-hybridized carbons (Fsp3) is 0.500. The number of benzene rings is 1. The van der Waals surface area contributed by atoms with Gasteiger partial charge in [-0.05, 0) is 18.1 Å². The summed E-state index contributed by atoms with van der Waals surface area (Å²) in [6, 6.07) is 1.24. The third-order valence-electron chi connectivity index (χ3n) is 3.25. The Morgan fingerprint density at radius 1 is 1.50 bits per heavy atom. The van der Waals surface area contributed by atoms with E-state index in [0.717, 1.165) is 22.0 Å². The zero-order valence-corrected chi connectivity index (χ0v) is 12.9. The van der Waals surface area contributed by atoms with E-state index in [9.17, 15) is 4.79 Å². The second kappa shape index (κ2) is 6.45. The molecule has 0 bridgehead atoms. The molecule has 0 saturated carbocycles. The van der Waals surface area contributed by atoms with Crippen molar-refractivity contribution >= 4 is 21.9 Å². The van der Waals surface area contributed by atoms with Crippen LogP contribution in [-0.2, 0) is 11.2 Å². The van der Waals surface area contributed by atoms with Crippen LogP contribution in [0, 0.1) is 0 Å². The fourth-order valence-electron chi connectivity index (χ4n) is 2.40. The summed E-state index contributed by atoms with van der Waals surface area (Å²) in [4.78, 5) is 10.9. The molecule has 1 aliphatic heterocycles. The summed E-state index contributed by atoms with van der Waals surface area (Å²) < 4.78 is 12.2. The van der Waals surface area contributed by atoms with Gasteiger partial charge in [0.15, 0.2) is 11.5 Å². The van der Waals surface area contributed by atoms with E-state index >= 15 is 0 Å². The molecule has 1 aromatic carbocycles. The van der Waals surface area contributed by atoms with Crippen LogP contribution in [0.1, 0.15) is 36.9 Å². The van der Waals surface area contributed by atoms with Gasteiger partial charge in [-0.25, -0.2) is 0 Å². The van der Waals surface area contributed by atoms with Gasteiger partial charge in [0, 0.05) is 22.5 Å². The normalized spacial score (nSPS) is 15.6. The van der Waals surface area contributed by atoms with Crippen molar-refractivity contribution in [2.45, 2.75) is 32.2 Å². The highest BCUT2D eigenvalue weighted by molar-refractivity contribution is 9.10. The zero-order chi connectivity index (χ0) is 14.7. The molecule has 0 saturated heterocycles. The number of carboxylic acids is 1. The smallest absolute Gasteiger partial charge is 0.305 e. The Kier molecular flexibility index (Phi) is 4.88. The maximum atomic E-state index is 10.9. The third-order valence-corrected chi connectivity index (χ3v) is 3.91. The van der Waals surface area contributed by atoms with Gasteiger partial charge in [-0.15, -0.1) is 0 Å². The molecule has 6 heteroatoms. The lowest BCUT2D eigenvalue weighted by Gasteiger charge is -2.21. The van der Waals surface area contributed by atoms with Gasteiger partial charge in [0.2, 0.25) is 0 Å². The second-order valence-electron chi connectivity index (χ2n) is 4.69. The van der Waals surface area contributed by atoms with E-state index in [1.54, 1.807) is 0 Å². The van der Waals surface area contributed by atoms with E-state index in [1.165, 1.54) is 0 Å². The highest BCUT2D eigenvalue weighted by atomic mass is 79.9. The molecule has 20 heavy (non-hydrogen) atoms. The van der Waals surface area contributed by atoms with Gasteiger partial charge in [0.25, 0.3) is 0 Å². The predicted molar refractivity (Wildman–Crippen MR) is 78.3 cm³/mol. The minimum Gasteiger partial charge on any atom is -0.490 e. The number of nitrogens with two attached hydrogens (primary N) is 1. The molecule has 0 radical (unpaired) electrons. The summed E-state index contributed by atoms with van der Waals surface area (Å²) in [6.45, 7) is 3.20. The van der Waals surface area contributed by atoms with Crippen LogP contribution in [-0.4, -0.2) is 24.3 Å². The summed E-state index contributed by atoms with van der Waals surface area (Å²) in [5, 5.41) is 8.93. The molecule has 1 heterocycles. The van der Waals surface area contributed by atoms with Crippen LogP contribution in [0.5, 0.6) is 11.5 Å². The number of halogens is 1. The number of ether oxygens (including phenoxy) is 2. The lowest BCUT2D eigenvalue weighted by atomic mass is 9.95. The number of carbonyl (C=O) groups is 1. The first kappa shape index (κ1) is 15.1. The topological polar surface area (TPSA) is 81.8 Å². The van der Waals surface area contributed by atoms with Crippen molar-refractivity contribution in [3.05, 3.63) is 21.7 Å². The Labute approximate surface area is 126 Å². The van der Waals surface area contributed by atoms with Gasteiger partial charge in [0.1, 0.15) is 0 Å². The highest BCUT2D eigenvalue weighted by Gasteiger charge is 2.24. The van der Waals surface area contributed by atoms with E-state index in [1.807, 2.05) is 13.0 Å². The first-order valence-electron chi connectivity index (χ1n) is 6.62. The van der Waals surface area contributed by atoms with E-state index in [4.69, 9.17) is 20.3 Å². The lowest BCUT2D eigenvalue weighted by molar-refractivity contribution is -0.137. The number of fused-ring (bicyclic) bond motifs is 1. The minimum absolute atomic E-state index is 0.120. The average molecular weight is 344 g/mol. The molecular formula is C14H18BrNO4. The average Bonchev–Trinajstić information content (AvgIpc) is 2.60. The first-order valence-corrected chi connectivity index (χ1v) is 7.42. The summed E-state index contributed by atoms with van der Waals surface area (Å²) in [5.41, 5.74) is 7.75. The largest absolute Gasteiger partial charge is 0.490 e. The monoisotopic (exact) mass is 343 g/mol. The second-order valence-corrected chi connectivity index (χ2v) is 5.54. The number of hydrogen-bond acceptors (Lipinski definition) is 4. The van der Waals surface area contributed by atoms with E-state index in [0.29, 0.717) is 31.1 Å². The van der Waals surface area contributed by atoms with Gasteiger partial charge in [-0.2, -0.15) is 0 Å². The van der Waals surface area contributed by atoms with Crippen LogP contribution in [0.2, 0.25) is 0 Å². The molecule has 0 amide bonds. The maximum Gasteiger partial charge on any atom is 0.305 e. The van der Waals surface area contributed by atoms with E-state index < -0.39 is 12.0 Å². The summed E-state index contributed by atoms with van der Waals surface area (Å²) in [7, 11) is 0. The van der Waals surface area contributed by atoms with Crippen molar-refractivity contribution in [3.8, 4) is 11.5 Å².